The minimum atomic E-state index is -0.359. The average Bonchev–Trinajstić information content (AvgIpc) is 2.90. The van der Waals surface area contributed by atoms with E-state index in [9.17, 15) is 4.79 Å². The SMILES string of the molecule is CCC(C)C(N)C(=O)N1CCN(Cc2csc(C)n2)CC1. The summed E-state index contributed by atoms with van der Waals surface area (Å²) in [7, 11) is 0. The molecule has 6 heteroatoms. The van der Waals surface area contributed by atoms with Gasteiger partial charge in [-0.05, 0) is 12.8 Å². The molecule has 0 aromatic carbocycles. The van der Waals surface area contributed by atoms with Crippen LogP contribution in [0.15, 0.2) is 5.38 Å². The van der Waals surface area contributed by atoms with Crippen LogP contribution in [-0.2, 0) is 11.3 Å². The summed E-state index contributed by atoms with van der Waals surface area (Å²) >= 11 is 1.69. The summed E-state index contributed by atoms with van der Waals surface area (Å²) in [5.41, 5.74) is 7.18. The van der Waals surface area contributed by atoms with Crippen molar-refractivity contribution >= 4 is 17.2 Å². The van der Waals surface area contributed by atoms with E-state index in [0.29, 0.717) is 0 Å². The van der Waals surface area contributed by atoms with Crippen LogP contribution in [0.25, 0.3) is 0 Å². The molecule has 2 unspecified atom stereocenters. The second-order valence-electron chi connectivity index (χ2n) is 5.87. The summed E-state index contributed by atoms with van der Waals surface area (Å²) in [6, 6.07) is -0.359. The summed E-state index contributed by atoms with van der Waals surface area (Å²) in [5.74, 6) is 0.349. The van der Waals surface area contributed by atoms with Crippen molar-refractivity contribution in [2.75, 3.05) is 26.2 Å². The number of thiazole rings is 1. The van der Waals surface area contributed by atoms with Crippen LogP contribution < -0.4 is 5.73 Å². The molecule has 0 aliphatic carbocycles. The molecule has 1 fully saturated rings. The van der Waals surface area contributed by atoms with Crippen LogP contribution in [0.2, 0.25) is 0 Å². The third-order valence-electron chi connectivity index (χ3n) is 4.28. The van der Waals surface area contributed by atoms with E-state index in [4.69, 9.17) is 5.73 Å². The molecule has 2 heterocycles. The van der Waals surface area contributed by atoms with E-state index in [0.717, 1.165) is 49.8 Å². The number of aryl methyl sites for hydroxylation is 1. The minimum absolute atomic E-state index is 0.105. The van der Waals surface area contributed by atoms with Crippen LogP contribution in [0, 0.1) is 12.8 Å². The molecule has 2 atom stereocenters. The van der Waals surface area contributed by atoms with Crippen LogP contribution in [0.5, 0.6) is 0 Å². The van der Waals surface area contributed by atoms with E-state index in [1.165, 1.54) is 0 Å². The van der Waals surface area contributed by atoms with Gasteiger partial charge in [-0.15, -0.1) is 11.3 Å². The van der Waals surface area contributed by atoms with E-state index < -0.39 is 0 Å². The van der Waals surface area contributed by atoms with Crippen molar-refractivity contribution in [2.45, 2.75) is 39.8 Å². The van der Waals surface area contributed by atoms with Gasteiger partial charge in [-0.1, -0.05) is 20.3 Å². The largest absolute Gasteiger partial charge is 0.339 e. The van der Waals surface area contributed by atoms with Crippen LogP contribution >= 0.6 is 11.3 Å². The molecule has 1 aliphatic rings. The standard InChI is InChI=1S/C15H26N4OS/c1-4-11(2)14(16)15(20)19-7-5-18(6-8-19)9-13-10-21-12(3)17-13/h10-11,14H,4-9,16H2,1-3H3. The van der Waals surface area contributed by atoms with E-state index in [-0.39, 0.29) is 17.9 Å². The number of aromatic nitrogens is 1. The molecule has 0 spiro atoms. The van der Waals surface area contributed by atoms with Gasteiger partial charge in [-0.25, -0.2) is 4.98 Å². The number of hydrogen-bond acceptors (Lipinski definition) is 5. The van der Waals surface area contributed by atoms with Crippen molar-refractivity contribution in [3.05, 3.63) is 16.1 Å². The molecule has 0 radical (unpaired) electrons. The highest BCUT2D eigenvalue weighted by atomic mass is 32.1. The van der Waals surface area contributed by atoms with Crippen molar-refractivity contribution in [1.29, 1.82) is 0 Å². The lowest BCUT2D eigenvalue weighted by molar-refractivity contribution is -0.135. The molecular weight excluding hydrogens is 284 g/mol. The highest BCUT2D eigenvalue weighted by Gasteiger charge is 2.27. The first-order valence-corrected chi connectivity index (χ1v) is 8.57. The number of nitrogens with zero attached hydrogens (tertiary/aromatic N) is 3. The van der Waals surface area contributed by atoms with Crippen molar-refractivity contribution in [2.24, 2.45) is 11.7 Å². The van der Waals surface area contributed by atoms with Crippen molar-refractivity contribution in [3.63, 3.8) is 0 Å². The molecule has 1 aliphatic heterocycles. The summed E-state index contributed by atoms with van der Waals surface area (Å²) < 4.78 is 0. The molecule has 1 saturated heterocycles. The third kappa shape index (κ3) is 4.25. The van der Waals surface area contributed by atoms with E-state index in [1.54, 1.807) is 11.3 Å². The quantitative estimate of drug-likeness (QED) is 0.894. The molecule has 0 bridgehead atoms. The van der Waals surface area contributed by atoms with Gasteiger partial charge in [0.2, 0.25) is 5.91 Å². The number of nitrogens with two attached hydrogens (primary N) is 1. The molecular formula is C15H26N4OS. The van der Waals surface area contributed by atoms with E-state index in [1.807, 2.05) is 18.7 Å². The van der Waals surface area contributed by atoms with Gasteiger partial charge in [0.05, 0.1) is 16.7 Å². The summed E-state index contributed by atoms with van der Waals surface area (Å²) in [4.78, 5) is 21.1. The minimum Gasteiger partial charge on any atom is -0.339 e. The molecule has 118 valence electrons. The average molecular weight is 310 g/mol. The van der Waals surface area contributed by atoms with Crippen molar-refractivity contribution in [3.8, 4) is 0 Å². The third-order valence-corrected chi connectivity index (χ3v) is 5.10. The number of carbonyl (C=O) groups is 1. The Morgan fingerprint density at radius 2 is 2.10 bits per heavy atom. The van der Waals surface area contributed by atoms with Gasteiger partial charge in [0.15, 0.2) is 0 Å². The lowest BCUT2D eigenvalue weighted by atomic mass is 9.98. The fourth-order valence-corrected chi connectivity index (χ4v) is 3.15. The van der Waals surface area contributed by atoms with Gasteiger partial charge in [-0.2, -0.15) is 0 Å². The first-order chi connectivity index (χ1) is 10.0. The number of rotatable bonds is 5. The van der Waals surface area contributed by atoms with Crippen LogP contribution in [-0.4, -0.2) is 52.9 Å². The Balaban J connectivity index is 1.81. The lowest BCUT2D eigenvalue weighted by Gasteiger charge is -2.36. The fourth-order valence-electron chi connectivity index (χ4n) is 2.54. The Hall–Kier alpha value is -0.980. The number of hydrogen-bond donors (Lipinski definition) is 1. The van der Waals surface area contributed by atoms with Crippen molar-refractivity contribution in [1.82, 2.24) is 14.8 Å². The number of carbonyl (C=O) groups excluding carboxylic acids is 1. The van der Waals surface area contributed by atoms with Gasteiger partial charge in [0.1, 0.15) is 0 Å². The lowest BCUT2D eigenvalue weighted by Crippen LogP contribution is -2.54. The first-order valence-electron chi connectivity index (χ1n) is 7.69. The second-order valence-corrected chi connectivity index (χ2v) is 6.93. The maximum absolute atomic E-state index is 12.3. The highest BCUT2D eigenvalue weighted by molar-refractivity contribution is 7.09. The molecule has 1 amide bonds. The predicted octanol–water partition coefficient (Wildman–Crippen LogP) is 1.47. The zero-order valence-electron chi connectivity index (χ0n) is 13.2. The number of piperazine rings is 1. The molecule has 1 aromatic rings. The van der Waals surface area contributed by atoms with Crippen molar-refractivity contribution < 1.29 is 4.79 Å². The molecule has 5 nitrogen and oxygen atoms in total. The Labute approximate surface area is 131 Å². The van der Waals surface area contributed by atoms with Gasteiger partial charge in [0.25, 0.3) is 0 Å². The fraction of sp³-hybridized carbons (Fsp3) is 0.733. The topological polar surface area (TPSA) is 62.5 Å². The Morgan fingerprint density at radius 3 is 2.62 bits per heavy atom. The predicted molar refractivity (Wildman–Crippen MR) is 86.1 cm³/mol. The summed E-state index contributed by atoms with van der Waals surface area (Å²) in [6.07, 6.45) is 0.941. The molecule has 0 saturated carbocycles. The summed E-state index contributed by atoms with van der Waals surface area (Å²) in [6.45, 7) is 10.4. The highest BCUT2D eigenvalue weighted by Crippen LogP contribution is 2.14. The maximum atomic E-state index is 12.3. The maximum Gasteiger partial charge on any atom is 0.239 e. The Morgan fingerprint density at radius 1 is 1.43 bits per heavy atom. The smallest absolute Gasteiger partial charge is 0.239 e. The zero-order valence-corrected chi connectivity index (χ0v) is 14.0. The Kier molecular flexibility index (Phi) is 5.72. The number of amides is 1. The van der Waals surface area contributed by atoms with Gasteiger partial charge in [-0.3, -0.25) is 9.69 Å². The molecule has 21 heavy (non-hydrogen) atoms. The monoisotopic (exact) mass is 310 g/mol. The van der Waals surface area contributed by atoms with Gasteiger partial charge >= 0.3 is 0 Å². The zero-order chi connectivity index (χ0) is 15.4. The van der Waals surface area contributed by atoms with Crippen LogP contribution in [0.3, 0.4) is 0 Å². The van der Waals surface area contributed by atoms with Crippen LogP contribution in [0.1, 0.15) is 31.0 Å². The van der Waals surface area contributed by atoms with Gasteiger partial charge < -0.3 is 10.6 Å². The van der Waals surface area contributed by atoms with Crippen LogP contribution in [0.4, 0.5) is 0 Å². The first kappa shape index (κ1) is 16.4. The van der Waals surface area contributed by atoms with E-state index in [2.05, 4.69) is 22.2 Å². The molecule has 2 N–H and O–H groups in total. The summed E-state index contributed by atoms with van der Waals surface area (Å²) in [5, 5.41) is 3.23. The van der Waals surface area contributed by atoms with E-state index >= 15 is 0 Å². The Bertz CT molecular complexity index is 468. The second kappa shape index (κ2) is 7.33. The van der Waals surface area contributed by atoms with Gasteiger partial charge in [0, 0.05) is 38.1 Å². The molecule has 1 aromatic heterocycles. The normalized spacial score (nSPS) is 19.5. The molecule has 2 rings (SSSR count).